The molecule has 0 radical (unpaired) electrons. The molecule has 0 fully saturated rings. The fourth-order valence-electron chi connectivity index (χ4n) is 2.02. The highest BCUT2D eigenvalue weighted by Crippen LogP contribution is 2.35. The van der Waals surface area contributed by atoms with Crippen LogP contribution in [0, 0.1) is 0 Å². The van der Waals surface area contributed by atoms with Gasteiger partial charge < -0.3 is 15.4 Å². The van der Waals surface area contributed by atoms with Crippen LogP contribution in [-0.2, 0) is 11.2 Å². The second kappa shape index (κ2) is 4.42. The second-order valence-corrected chi connectivity index (χ2v) is 6.52. The summed E-state index contributed by atoms with van der Waals surface area (Å²) in [4.78, 5) is 19.2. The molecule has 0 saturated heterocycles. The summed E-state index contributed by atoms with van der Waals surface area (Å²) in [5.41, 5.74) is 6.27. The van der Waals surface area contributed by atoms with Gasteiger partial charge in [0.25, 0.3) is 0 Å². The van der Waals surface area contributed by atoms with Gasteiger partial charge in [-0.15, -0.1) is 0 Å². The molecular weight excluding hydrogens is 250 g/mol. The zero-order chi connectivity index (χ0) is 13.5. The van der Waals surface area contributed by atoms with Crippen LogP contribution in [0.2, 0.25) is 0 Å². The molecule has 0 aromatic carbocycles. The SMILES string of the molecule is CC1c2sc(N)nc2CCN1C(=O)OC(C)(C)C. The van der Waals surface area contributed by atoms with E-state index in [0.29, 0.717) is 11.7 Å². The van der Waals surface area contributed by atoms with Gasteiger partial charge in [0.15, 0.2) is 5.13 Å². The molecule has 18 heavy (non-hydrogen) atoms. The molecule has 1 aromatic rings. The standard InChI is InChI=1S/C12H19N3O2S/c1-7-9-8(14-10(13)18-9)5-6-15(7)11(16)17-12(2,3)4/h7H,5-6H2,1-4H3,(H2,13,14). The molecule has 0 saturated carbocycles. The van der Waals surface area contributed by atoms with Gasteiger partial charge in [-0.25, -0.2) is 9.78 Å². The first-order valence-electron chi connectivity index (χ1n) is 6.02. The molecule has 5 nitrogen and oxygen atoms in total. The smallest absolute Gasteiger partial charge is 0.410 e. The molecule has 100 valence electrons. The van der Waals surface area contributed by atoms with E-state index < -0.39 is 5.60 Å². The Morgan fingerprint density at radius 2 is 2.22 bits per heavy atom. The van der Waals surface area contributed by atoms with Crippen molar-refractivity contribution in [2.75, 3.05) is 12.3 Å². The zero-order valence-electron chi connectivity index (χ0n) is 11.2. The lowest BCUT2D eigenvalue weighted by Gasteiger charge is -2.34. The third kappa shape index (κ3) is 2.58. The number of nitrogen functional groups attached to an aromatic ring is 1. The van der Waals surface area contributed by atoms with Crippen molar-refractivity contribution in [3.63, 3.8) is 0 Å². The number of rotatable bonds is 0. The van der Waals surface area contributed by atoms with Gasteiger partial charge in [-0.2, -0.15) is 0 Å². The molecule has 0 bridgehead atoms. The molecule has 1 aromatic heterocycles. The molecule has 1 atom stereocenters. The van der Waals surface area contributed by atoms with E-state index in [1.807, 2.05) is 27.7 Å². The number of carbonyl (C=O) groups excluding carboxylic acids is 1. The van der Waals surface area contributed by atoms with Crippen LogP contribution in [0.4, 0.5) is 9.93 Å². The first-order valence-corrected chi connectivity index (χ1v) is 6.84. The van der Waals surface area contributed by atoms with Crippen LogP contribution in [0.3, 0.4) is 0 Å². The molecule has 1 unspecified atom stereocenters. The molecule has 2 heterocycles. The third-order valence-electron chi connectivity index (χ3n) is 2.81. The summed E-state index contributed by atoms with van der Waals surface area (Å²) in [6, 6.07) is -0.0154. The van der Waals surface area contributed by atoms with Crippen molar-refractivity contribution in [2.24, 2.45) is 0 Å². The zero-order valence-corrected chi connectivity index (χ0v) is 12.0. The summed E-state index contributed by atoms with van der Waals surface area (Å²) >= 11 is 1.45. The lowest BCUT2D eigenvalue weighted by Crippen LogP contribution is -2.41. The van der Waals surface area contributed by atoms with Crippen LogP contribution in [-0.4, -0.2) is 28.1 Å². The van der Waals surface area contributed by atoms with Crippen molar-refractivity contribution < 1.29 is 9.53 Å². The van der Waals surface area contributed by atoms with Crippen LogP contribution >= 0.6 is 11.3 Å². The van der Waals surface area contributed by atoms with Gasteiger partial charge in [-0.3, -0.25) is 0 Å². The molecule has 0 spiro atoms. The number of hydrogen-bond acceptors (Lipinski definition) is 5. The monoisotopic (exact) mass is 269 g/mol. The van der Waals surface area contributed by atoms with Crippen molar-refractivity contribution in [1.82, 2.24) is 9.88 Å². The predicted molar refractivity (Wildman–Crippen MR) is 71.6 cm³/mol. The maximum atomic E-state index is 12.1. The largest absolute Gasteiger partial charge is 0.444 e. The first-order chi connectivity index (χ1) is 8.28. The van der Waals surface area contributed by atoms with Gasteiger partial charge >= 0.3 is 6.09 Å². The molecular formula is C12H19N3O2S. The van der Waals surface area contributed by atoms with Crippen LogP contribution in [0.1, 0.15) is 44.3 Å². The van der Waals surface area contributed by atoms with Crippen LogP contribution in [0.15, 0.2) is 0 Å². The van der Waals surface area contributed by atoms with Crippen molar-refractivity contribution in [3.05, 3.63) is 10.6 Å². The summed E-state index contributed by atoms with van der Waals surface area (Å²) < 4.78 is 5.41. The number of hydrogen-bond donors (Lipinski definition) is 1. The quantitative estimate of drug-likeness (QED) is 0.786. The number of anilines is 1. The lowest BCUT2D eigenvalue weighted by atomic mass is 10.1. The van der Waals surface area contributed by atoms with E-state index in [2.05, 4.69) is 4.98 Å². The van der Waals surface area contributed by atoms with E-state index in [-0.39, 0.29) is 12.1 Å². The van der Waals surface area contributed by atoms with E-state index in [1.54, 1.807) is 4.90 Å². The number of aromatic nitrogens is 1. The molecule has 1 aliphatic rings. The Morgan fingerprint density at radius 3 is 2.83 bits per heavy atom. The highest BCUT2D eigenvalue weighted by molar-refractivity contribution is 7.15. The van der Waals surface area contributed by atoms with Gasteiger partial charge in [0.1, 0.15) is 5.60 Å². The van der Waals surface area contributed by atoms with Crippen molar-refractivity contribution in [3.8, 4) is 0 Å². The van der Waals surface area contributed by atoms with E-state index in [9.17, 15) is 4.79 Å². The Labute approximate surface area is 111 Å². The average molecular weight is 269 g/mol. The summed E-state index contributed by atoms with van der Waals surface area (Å²) in [7, 11) is 0. The Kier molecular flexibility index (Phi) is 3.23. The Balaban J connectivity index is 2.16. The summed E-state index contributed by atoms with van der Waals surface area (Å²) in [6.45, 7) is 8.23. The van der Waals surface area contributed by atoms with Crippen molar-refractivity contribution >= 4 is 22.6 Å². The lowest BCUT2D eigenvalue weighted by molar-refractivity contribution is 0.0162. The Hall–Kier alpha value is -1.30. The van der Waals surface area contributed by atoms with Gasteiger partial charge in [-0.1, -0.05) is 11.3 Å². The highest BCUT2D eigenvalue weighted by Gasteiger charge is 2.33. The third-order valence-corrected chi connectivity index (χ3v) is 3.91. The Bertz CT molecular complexity index is 464. The minimum Gasteiger partial charge on any atom is -0.444 e. The molecule has 1 amide bonds. The number of nitrogens with two attached hydrogens (primary N) is 1. The highest BCUT2D eigenvalue weighted by atomic mass is 32.1. The molecule has 6 heteroatoms. The average Bonchev–Trinajstić information content (AvgIpc) is 2.57. The number of thiazole rings is 1. The predicted octanol–water partition coefficient (Wildman–Crippen LogP) is 2.58. The van der Waals surface area contributed by atoms with Gasteiger partial charge in [-0.05, 0) is 27.7 Å². The van der Waals surface area contributed by atoms with Crippen molar-refractivity contribution in [1.29, 1.82) is 0 Å². The van der Waals surface area contributed by atoms with E-state index in [4.69, 9.17) is 10.5 Å². The van der Waals surface area contributed by atoms with Gasteiger partial charge in [0, 0.05) is 13.0 Å². The normalized spacial score (nSPS) is 19.6. The molecule has 2 N–H and O–H groups in total. The maximum Gasteiger partial charge on any atom is 0.410 e. The number of nitrogens with zero attached hydrogens (tertiary/aromatic N) is 2. The topological polar surface area (TPSA) is 68.5 Å². The molecule has 0 aliphatic carbocycles. The Morgan fingerprint density at radius 1 is 1.56 bits per heavy atom. The minimum atomic E-state index is -0.468. The number of fused-ring (bicyclic) bond motifs is 1. The van der Waals surface area contributed by atoms with E-state index >= 15 is 0 Å². The van der Waals surface area contributed by atoms with Gasteiger partial charge in [0.2, 0.25) is 0 Å². The summed E-state index contributed by atoms with van der Waals surface area (Å²) in [5.74, 6) is 0. The van der Waals surface area contributed by atoms with Crippen LogP contribution in [0.5, 0.6) is 0 Å². The van der Waals surface area contributed by atoms with Crippen LogP contribution in [0.25, 0.3) is 0 Å². The number of ether oxygens (including phenoxy) is 1. The fourth-order valence-corrected chi connectivity index (χ4v) is 2.96. The van der Waals surface area contributed by atoms with E-state index in [0.717, 1.165) is 17.0 Å². The minimum absolute atomic E-state index is 0.0154. The van der Waals surface area contributed by atoms with Gasteiger partial charge in [0.05, 0.1) is 16.6 Å². The van der Waals surface area contributed by atoms with Crippen molar-refractivity contribution in [2.45, 2.75) is 45.8 Å². The number of amides is 1. The van der Waals surface area contributed by atoms with E-state index in [1.165, 1.54) is 11.3 Å². The molecule has 2 rings (SSSR count). The molecule has 1 aliphatic heterocycles. The fraction of sp³-hybridized carbons (Fsp3) is 0.667. The second-order valence-electron chi connectivity index (χ2n) is 5.46. The summed E-state index contributed by atoms with van der Waals surface area (Å²) in [6.07, 6.45) is 0.472. The maximum absolute atomic E-state index is 12.1. The van der Waals surface area contributed by atoms with Crippen LogP contribution < -0.4 is 5.73 Å². The number of carbonyl (C=O) groups is 1. The summed E-state index contributed by atoms with van der Waals surface area (Å²) in [5, 5.41) is 0.567. The first kappa shape index (κ1) is 13.1.